The molecule has 0 amide bonds. The van der Waals surface area contributed by atoms with Gasteiger partial charge in [0.2, 0.25) is 0 Å². The normalized spacial score (nSPS) is 3.60. The van der Waals surface area contributed by atoms with Gasteiger partial charge in [-0.15, -0.1) is 0 Å². The summed E-state index contributed by atoms with van der Waals surface area (Å²) in [6.45, 7) is 6.72. The van der Waals surface area contributed by atoms with Crippen LogP contribution in [0.1, 0.15) is 0 Å². The molecule has 6 heteroatoms. The minimum Gasteiger partial charge on any atom is -0.373 e. The van der Waals surface area contributed by atoms with Crippen molar-refractivity contribution in [3.8, 4) is 0 Å². The molecule has 0 aromatic rings. The zero-order chi connectivity index (χ0) is 8.83. The molecule has 0 aromatic carbocycles. The van der Waals surface area contributed by atoms with Gasteiger partial charge in [0, 0.05) is 0 Å². The lowest BCUT2D eigenvalue weighted by atomic mass is 10.6. The van der Waals surface area contributed by atoms with Gasteiger partial charge in [-0.2, -0.15) is 0 Å². The van der Waals surface area contributed by atoms with Crippen molar-refractivity contribution in [1.82, 2.24) is 0 Å². The monoisotopic (exact) mass is 138 g/mol. The molecule has 0 fully saturated rings. The van der Waals surface area contributed by atoms with E-state index in [-0.39, 0.29) is 0 Å². The first-order chi connectivity index (χ1) is 4.74. The third kappa shape index (κ3) is 196. The van der Waals surface area contributed by atoms with Crippen LogP contribution in [0.3, 0.4) is 0 Å². The Morgan fingerprint density at radius 3 is 0.900 bits per heavy atom. The van der Waals surface area contributed by atoms with E-state index in [2.05, 4.69) is 13.2 Å². The Hall–Kier alpha value is -1.90. The lowest BCUT2D eigenvalue weighted by Gasteiger charge is -1.44. The Morgan fingerprint density at radius 1 is 0.800 bits per heavy atom. The van der Waals surface area contributed by atoms with E-state index in [1.807, 2.05) is 0 Å². The van der Waals surface area contributed by atoms with E-state index >= 15 is 0 Å². The molecule has 0 N–H and O–H groups in total. The van der Waals surface area contributed by atoms with Gasteiger partial charge in [-0.25, -0.2) is 0 Å². The maximum absolute atomic E-state index is 6.75. The molecule has 0 saturated carbocycles. The first kappa shape index (κ1) is 15.7. The fourth-order valence-electron chi connectivity index (χ4n) is 0. The van der Waals surface area contributed by atoms with Crippen LogP contribution in [-0.4, -0.2) is 0 Å². The van der Waals surface area contributed by atoms with E-state index in [4.69, 9.17) is 22.1 Å². The Bertz CT molecular complexity index is 118. The molecule has 54 valence electrons. The molecule has 0 saturated heterocycles. The maximum Gasteiger partial charge on any atom is -0.0701 e. The van der Waals surface area contributed by atoms with Gasteiger partial charge in [-0.05, 0) is 0 Å². The van der Waals surface area contributed by atoms with Crippen molar-refractivity contribution in [3.05, 3.63) is 57.3 Å². The summed E-state index contributed by atoms with van der Waals surface area (Å²) < 4.78 is 0. The van der Waals surface area contributed by atoms with Crippen LogP contribution in [0.25, 0.3) is 31.9 Å². The van der Waals surface area contributed by atoms with Gasteiger partial charge in [0.1, 0.15) is 0 Å². The first-order valence-corrected chi connectivity index (χ1v) is 1.95. The topological polar surface area (TPSA) is 117 Å². The van der Waals surface area contributed by atoms with Crippen LogP contribution in [0.2, 0.25) is 0 Å². The summed E-state index contributed by atoms with van der Waals surface area (Å²) in [6.07, 6.45) is 3.28. The van der Waals surface area contributed by atoms with Crippen molar-refractivity contribution in [3.63, 3.8) is 0 Å². The van der Waals surface area contributed by atoms with Gasteiger partial charge >= 0.3 is 0 Å². The molecule has 0 heterocycles. The van der Waals surface area contributed by atoms with Gasteiger partial charge in [0.15, 0.2) is 0 Å². The Kier molecular flexibility index (Phi) is 94.0. The summed E-state index contributed by atoms with van der Waals surface area (Å²) in [4.78, 5) is 3.00. The third-order valence-corrected chi connectivity index (χ3v) is 0.167. The fraction of sp³-hybridized carbons (Fsp3) is 0. The summed E-state index contributed by atoms with van der Waals surface area (Å²) >= 11 is 0. The summed E-state index contributed by atoms with van der Waals surface area (Å²) in [7, 11) is 0. The second kappa shape index (κ2) is 59.9. The second-order valence-corrected chi connectivity index (χ2v) is 0.650. The smallest absolute Gasteiger partial charge is 0.0701 e. The van der Waals surface area contributed by atoms with Crippen LogP contribution in [0.15, 0.2) is 25.3 Å². The minimum atomic E-state index is 1.50. The van der Waals surface area contributed by atoms with Crippen molar-refractivity contribution >= 4 is 0 Å². The van der Waals surface area contributed by atoms with Crippen molar-refractivity contribution < 1.29 is 0 Å². The SMILES string of the molecule is C=CC=C.[N-]=[N+]=[N-].[N-]=[N+]=[N-]. The molecule has 0 rings (SSSR count). The highest BCUT2D eigenvalue weighted by molar-refractivity contribution is 4.88. The van der Waals surface area contributed by atoms with Gasteiger partial charge in [0.05, 0.1) is 0 Å². The molecule has 0 unspecified atom stereocenters. The first-order valence-electron chi connectivity index (χ1n) is 1.95. The van der Waals surface area contributed by atoms with Crippen LogP contribution < -0.4 is 0 Å². The number of allylic oxidation sites excluding steroid dienone is 2. The highest BCUT2D eigenvalue weighted by Gasteiger charge is 1.29. The van der Waals surface area contributed by atoms with E-state index in [9.17, 15) is 0 Å². The number of hydrogen-bond acceptors (Lipinski definition) is 0. The predicted octanol–water partition coefficient (Wildman–Crippen LogP) is 3.09. The molecule has 0 aliphatic heterocycles. The summed E-state index contributed by atoms with van der Waals surface area (Å²) in [5.41, 5.74) is 27.0. The van der Waals surface area contributed by atoms with E-state index in [1.165, 1.54) is 9.82 Å². The lowest BCUT2D eigenvalue weighted by Crippen LogP contribution is -1.21. The molecule has 0 radical (unpaired) electrons. The molecule has 0 aliphatic carbocycles. The number of rotatable bonds is 1. The van der Waals surface area contributed by atoms with E-state index in [0.717, 1.165) is 0 Å². The van der Waals surface area contributed by atoms with Crippen LogP contribution in [0.4, 0.5) is 0 Å². The fourth-order valence-corrected chi connectivity index (χ4v) is 0. The molecule has 0 atom stereocenters. The summed E-state index contributed by atoms with van der Waals surface area (Å²) in [5, 5.41) is 0. The highest BCUT2D eigenvalue weighted by Crippen LogP contribution is 1.52. The Labute approximate surface area is 58.3 Å². The zero-order valence-electron chi connectivity index (χ0n) is 5.25. The van der Waals surface area contributed by atoms with Crippen molar-refractivity contribution in [2.45, 2.75) is 0 Å². The van der Waals surface area contributed by atoms with Crippen LogP contribution in [-0.2, 0) is 0 Å². The molecule has 6 nitrogen and oxygen atoms in total. The molecule has 10 heavy (non-hydrogen) atoms. The molecular formula is C4H6N6-2. The predicted molar refractivity (Wildman–Crippen MR) is 40.5 cm³/mol. The van der Waals surface area contributed by atoms with E-state index in [0.29, 0.717) is 0 Å². The average molecular weight is 138 g/mol. The zero-order valence-corrected chi connectivity index (χ0v) is 5.25. The Morgan fingerprint density at radius 2 is 0.900 bits per heavy atom. The van der Waals surface area contributed by atoms with Gasteiger partial charge < -0.3 is 22.1 Å². The quantitative estimate of drug-likeness (QED) is 0.229. The summed E-state index contributed by atoms with van der Waals surface area (Å²) in [5.74, 6) is 0. The molecule has 0 bridgehead atoms. The van der Waals surface area contributed by atoms with Crippen molar-refractivity contribution in [1.29, 1.82) is 0 Å². The number of hydrogen-bond donors (Lipinski definition) is 0. The summed E-state index contributed by atoms with van der Waals surface area (Å²) in [6, 6.07) is 0. The molecule has 0 aromatic heterocycles. The van der Waals surface area contributed by atoms with Gasteiger partial charge in [0.25, 0.3) is 0 Å². The van der Waals surface area contributed by atoms with E-state index in [1.54, 1.807) is 12.2 Å². The second-order valence-electron chi connectivity index (χ2n) is 0.650. The maximum atomic E-state index is 6.75. The number of nitrogens with zero attached hydrogens (tertiary/aromatic N) is 6. The standard InChI is InChI=1S/C4H6.2N3/c1-3-4-2;2*1-3-2/h3-4H,1-2H2;;/q;2*-1. The average Bonchev–Trinajstić information content (AvgIpc) is 1.91. The van der Waals surface area contributed by atoms with Gasteiger partial charge in [-0.1, -0.05) is 25.3 Å². The molecule has 0 aliphatic rings. The lowest BCUT2D eigenvalue weighted by molar-refractivity contribution is 2.15. The van der Waals surface area contributed by atoms with Crippen LogP contribution in [0.5, 0.6) is 0 Å². The molecular weight excluding hydrogens is 132 g/mol. The minimum absolute atomic E-state index is 1.50. The van der Waals surface area contributed by atoms with Crippen LogP contribution in [0, 0.1) is 0 Å². The highest BCUT2D eigenvalue weighted by atomic mass is 15.0. The van der Waals surface area contributed by atoms with Crippen molar-refractivity contribution in [2.75, 3.05) is 0 Å². The Balaban J connectivity index is -0.0000000750. The van der Waals surface area contributed by atoms with E-state index < -0.39 is 0 Å². The molecule has 0 spiro atoms. The van der Waals surface area contributed by atoms with Crippen LogP contribution >= 0.6 is 0 Å². The largest absolute Gasteiger partial charge is 0.373 e. The van der Waals surface area contributed by atoms with Gasteiger partial charge in [-0.3, -0.25) is 9.82 Å². The third-order valence-electron chi connectivity index (χ3n) is 0.167. The van der Waals surface area contributed by atoms with Crippen molar-refractivity contribution in [2.24, 2.45) is 0 Å².